The number of aromatic amines is 1. The molecule has 0 radical (unpaired) electrons. The third kappa shape index (κ3) is 2.76. The Balaban J connectivity index is 3.08. The van der Waals surface area contributed by atoms with E-state index in [1.807, 2.05) is 0 Å². The van der Waals surface area contributed by atoms with Gasteiger partial charge in [-0.1, -0.05) is 0 Å². The SMILES string of the molecule is Cc1c(Br)[nH]c(OC(F)(F)F)cc1=O. The van der Waals surface area contributed by atoms with Crippen molar-refractivity contribution in [1.29, 1.82) is 0 Å². The maximum absolute atomic E-state index is 11.7. The van der Waals surface area contributed by atoms with Gasteiger partial charge in [-0.3, -0.25) is 4.79 Å². The highest BCUT2D eigenvalue weighted by molar-refractivity contribution is 9.10. The van der Waals surface area contributed by atoms with Crippen LogP contribution in [0.1, 0.15) is 5.56 Å². The van der Waals surface area contributed by atoms with Crippen molar-refractivity contribution >= 4 is 15.9 Å². The monoisotopic (exact) mass is 271 g/mol. The second-order valence-electron chi connectivity index (χ2n) is 2.48. The van der Waals surface area contributed by atoms with Gasteiger partial charge in [0, 0.05) is 11.6 Å². The van der Waals surface area contributed by atoms with Gasteiger partial charge >= 0.3 is 6.36 Å². The lowest BCUT2D eigenvalue weighted by molar-refractivity contribution is -0.276. The van der Waals surface area contributed by atoms with Gasteiger partial charge in [0.2, 0.25) is 5.88 Å². The molecule has 1 aromatic heterocycles. The number of hydrogen-bond donors (Lipinski definition) is 1. The van der Waals surface area contributed by atoms with Crippen molar-refractivity contribution in [3.8, 4) is 5.88 Å². The molecule has 0 saturated heterocycles. The number of hydrogen-bond acceptors (Lipinski definition) is 2. The topological polar surface area (TPSA) is 42.1 Å². The van der Waals surface area contributed by atoms with Crippen LogP contribution >= 0.6 is 15.9 Å². The highest BCUT2D eigenvalue weighted by Gasteiger charge is 2.31. The van der Waals surface area contributed by atoms with Gasteiger partial charge in [0.25, 0.3) is 0 Å². The molecular weight excluding hydrogens is 267 g/mol. The lowest BCUT2D eigenvalue weighted by Crippen LogP contribution is -2.19. The van der Waals surface area contributed by atoms with Gasteiger partial charge in [-0.25, -0.2) is 0 Å². The maximum Gasteiger partial charge on any atom is 0.574 e. The highest BCUT2D eigenvalue weighted by atomic mass is 79.9. The molecule has 0 aliphatic heterocycles. The van der Waals surface area contributed by atoms with Gasteiger partial charge in [-0.15, -0.1) is 13.2 Å². The lowest BCUT2D eigenvalue weighted by Gasteiger charge is -2.09. The van der Waals surface area contributed by atoms with Crippen molar-refractivity contribution in [2.24, 2.45) is 0 Å². The van der Waals surface area contributed by atoms with Crippen LogP contribution in [0.5, 0.6) is 5.88 Å². The molecule has 78 valence electrons. The average Bonchev–Trinajstić information content (AvgIpc) is 1.96. The second-order valence-corrected chi connectivity index (χ2v) is 3.28. The average molecular weight is 272 g/mol. The fourth-order valence-corrected chi connectivity index (χ4v) is 1.14. The minimum absolute atomic E-state index is 0.171. The van der Waals surface area contributed by atoms with Crippen LogP contribution in [0.4, 0.5) is 13.2 Å². The zero-order valence-electron chi connectivity index (χ0n) is 6.91. The first-order valence-electron chi connectivity index (χ1n) is 3.45. The van der Waals surface area contributed by atoms with Crippen molar-refractivity contribution in [2.45, 2.75) is 13.3 Å². The molecule has 7 heteroatoms. The molecule has 1 N–H and O–H groups in total. The number of ether oxygens (including phenoxy) is 1. The van der Waals surface area contributed by atoms with E-state index in [0.29, 0.717) is 5.56 Å². The van der Waals surface area contributed by atoms with E-state index in [-0.39, 0.29) is 4.60 Å². The van der Waals surface area contributed by atoms with Crippen LogP contribution in [0.2, 0.25) is 0 Å². The van der Waals surface area contributed by atoms with Crippen molar-refractivity contribution in [3.05, 3.63) is 26.5 Å². The maximum atomic E-state index is 11.7. The van der Waals surface area contributed by atoms with Gasteiger partial charge in [0.05, 0.1) is 4.60 Å². The van der Waals surface area contributed by atoms with Crippen molar-refractivity contribution in [1.82, 2.24) is 4.98 Å². The van der Waals surface area contributed by atoms with Crippen LogP contribution in [-0.2, 0) is 0 Å². The number of pyridine rings is 1. The summed E-state index contributed by atoms with van der Waals surface area (Å²) in [5.41, 5.74) is -0.241. The predicted molar refractivity (Wildman–Crippen MR) is 46.2 cm³/mol. The van der Waals surface area contributed by atoms with Crippen molar-refractivity contribution < 1.29 is 17.9 Å². The fraction of sp³-hybridized carbons (Fsp3) is 0.286. The smallest absolute Gasteiger partial charge is 0.390 e. The first-order valence-corrected chi connectivity index (χ1v) is 4.24. The molecule has 1 rings (SSSR count). The van der Waals surface area contributed by atoms with Gasteiger partial charge in [0.15, 0.2) is 5.43 Å². The summed E-state index contributed by atoms with van der Waals surface area (Å²) in [5, 5.41) is 0. The molecule has 1 heterocycles. The summed E-state index contributed by atoms with van der Waals surface area (Å²) in [6.45, 7) is 1.47. The Morgan fingerprint density at radius 1 is 1.50 bits per heavy atom. The zero-order valence-corrected chi connectivity index (χ0v) is 8.49. The quantitative estimate of drug-likeness (QED) is 0.797. The van der Waals surface area contributed by atoms with E-state index in [4.69, 9.17) is 0 Å². The summed E-state index contributed by atoms with van der Waals surface area (Å²) >= 11 is 2.90. The van der Waals surface area contributed by atoms with Crippen LogP contribution in [0.3, 0.4) is 0 Å². The summed E-state index contributed by atoms with van der Waals surface area (Å²) < 4.78 is 38.9. The molecular formula is C7H5BrF3NO2. The molecule has 0 fully saturated rings. The summed E-state index contributed by atoms with van der Waals surface area (Å²) in [6.07, 6.45) is -4.81. The summed E-state index contributed by atoms with van der Waals surface area (Å²) in [5.74, 6) is -0.639. The second kappa shape index (κ2) is 3.64. The molecule has 0 aliphatic rings. The zero-order chi connectivity index (χ0) is 10.9. The van der Waals surface area contributed by atoms with Gasteiger partial charge in [-0.05, 0) is 22.9 Å². The first-order chi connectivity index (χ1) is 6.29. The molecule has 0 spiro atoms. The minimum atomic E-state index is -4.81. The number of H-pyrrole nitrogens is 1. The summed E-state index contributed by atoms with van der Waals surface area (Å²) in [6, 6.07) is 0.744. The summed E-state index contributed by atoms with van der Waals surface area (Å²) in [4.78, 5) is 13.3. The van der Waals surface area contributed by atoms with Gasteiger partial charge in [-0.2, -0.15) is 0 Å². The Kier molecular flexibility index (Phi) is 2.89. The predicted octanol–water partition coefficient (Wildman–Crippen LogP) is 2.34. The van der Waals surface area contributed by atoms with Crippen LogP contribution in [0, 0.1) is 6.92 Å². The fourth-order valence-electron chi connectivity index (χ4n) is 0.753. The number of alkyl halides is 3. The number of aromatic nitrogens is 1. The molecule has 0 unspecified atom stereocenters. The summed E-state index contributed by atoms with van der Waals surface area (Å²) in [7, 11) is 0. The Morgan fingerprint density at radius 2 is 2.07 bits per heavy atom. The third-order valence-corrected chi connectivity index (χ3v) is 2.21. The highest BCUT2D eigenvalue weighted by Crippen LogP contribution is 2.21. The van der Waals surface area contributed by atoms with Crippen LogP contribution in [0.25, 0.3) is 0 Å². The lowest BCUT2D eigenvalue weighted by atomic mass is 10.3. The van der Waals surface area contributed by atoms with E-state index in [1.165, 1.54) is 6.92 Å². The van der Waals surface area contributed by atoms with E-state index < -0.39 is 17.7 Å². The molecule has 0 saturated carbocycles. The van der Waals surface area contributed by atoms with E-state index in [1.54, 1.807) is 0 Å². The van der Waals surface area contributed by atoms with Crippen LogP contribution in [-0.4, -0.2) is 11.3 Å². The van der Waals surface area contributed by atoms with E-state index >= 15 is 0 Å². The molecule has 1 aromatic rings. The Labute approximate surface area is 85.0 Å². The Morgan fingerprint density at radius 3 is 2.50 bits per heavy atom. The molecule has 0 amide bonds. The van der Waals surface area contributed by atoms with Crippen molar-refractivity contribution in [2.75, 3.05) is 0 Å². The van der Waals surface area contributed by atoms with Crippen molar-refractivity contribution in [3.63, 3.8) is 0 Å². The van der Waals surface area contributed by atoms with Crippen LogP contribution < -0.4 is 10.2 Å². The van der Waals surface area contributed by atoms with E-state index in [9.17, 15) is 18.0 Å². The molecule has 0 aromatic carbocycles. The number of nitrogens with one attached hydrogen (secondary N) is 1. The van der Waals surface area contributed by atoms with E-state index in [2.05, 4.69) is 25.7 Å². The van der Waals surface area contributed by atoms with Gasteiger partial charge in [0.1, 0.15) is 0 Å². The Bertz CT molecular complexity index is 399. The molecule has 14 heavy (non-hydrogen) atoms. The molecule has 0 aliphatic carbocycles. The van der Waals surface area contributed by atoms with Gasteiger partial charge < -0.3 is 9.72 Å². The molecule has 0 atom stereocenters. The molecule has 0 bridgehead atoms. The van der Waals surface area contributed by atoms with E-state index in [0.717, 1.165) is 6.07 Å². The first kappa shape index (κ1) is 11.1. The Hall–Kier alpha value is -0.980. The standard InChI is InChI=1S/C7H5BrF3NO2/c1-3-4(13)2-5(12-6(3)8)14-7(9,10)11/h2H,1H3,(H,12,13). The van der Waals surface area contributed by atoms with Crippen LogP contribution in [0.15, 0.2) is 15.5 Å². The largest absolute Gasteiger partial charge is 0.574 e. The minimum Gasteiger partial charge on any atom is -0.390 e. The number of halogens is 4. The third-order valence-electron chi connectivity index (χ3n) is 1.42. The normalized spacial score (nSPS) is 11.5. The number of rotatable bonds is 1. The molecule has 3 nitrogen and oxygen atoms in total.